The van der Waals surface area contributed by atoms with Crippen LogP contribution >= 0.6 is 11.6 Å². The molecule has 0 amide bonds. The molecule has 0 radical (unpaired) electrons. The summed E-state index contributed by atoms with van der Waals surface area (Å²) in [5, 5.41) is 0. The van der Waals surface area contributed by atoms with Crippen LogP contribution in [-0.2, 0) is 0 Å². The number of aromatic nitrogens is 1. The van der Waals surface area contributed by atoms with E-state index in [-0.39, 0.29) is 0 Å². The summed E-state index contributed by atoms with van der Waals surface area (Å²) < 4.78 is 0. The van der Waals surface area contributed by atoms with Crippen LogP contribution < -0.4 is 5.73 Å². The van der Waals surface area contributed by atoms with Gasteiger partial charge in [-0.25, -0.2) is 4.98 Å². The van der Waals surface area contributed by atoms with E-state index in [0.29, 0.717) is 18.1 Å². The fraction of sp³-hybridized carbons (Fsp3) is 0.364. The van der Waals surface area contributed by atoms with Crippen LogP contribution in [0.15, 0.2) is 6.07 Å². The maximum Gasteiger partial charge on any atom is 0.123 e. The van der Waals surface area contributed by atoms with E-state index in [9.17, 15) is 0 Å². The van der Waals surface area contributed by atoms with Gasteiger partial charge in [0.2, 0.25) is 0 Å². The van der Waals surface area contributed by atoms with Gasteiger partial charge in [0.15, 0.2) is 0 Å². The minimum atomic E-state index is 0.544. The van der Waals surface area contributed by atoms with Crippen molar-refractivity contribution in [3.05, 3.63) is 22.9 Å². The Labute approximate surface area is 89.5 Å². The number of pyridine rings is 1. The van der Waals surface area contributed by atoms with Gasteiger partial charge in [0.05, 0.1) is 5.69 Å². The molecule has 1 heterocycles. The predicted octanol–water partition coefficient (Wildman–Crippen LogP) is 2.26. The molecule has 14 heavy (non-hydrogen) atoms. The molecule has 74 valence electrons. The smallest absolute Gasteiger partial charge is 0.123 e. The SMILES string of the molecule is Cc1cc(N)nc(C)c1C#CCCCl. The molecule has 0 unspecified atom stereocenters. The summed E-state index contributed by atoms with van der Waals surface area (Å²) in [7, 11) is 0. The molecule has 0 bridgehead atoms. The quantitative estimate of drug-likeness (QED) is 0.568. The van der Waals surface area contributed by atoms with Crippen LogP contribution in [0.3, 0.4) is 0 Å². The largest absolute Gasteiger partial charge is 0.384 e. The first kappa shape index (κ1) is 10.9. The van der Waals surface area contributed by atoms with Gasteiger partial charge >= 0.3 is 0 Å². The summed E-state index contributed by atoms with van der Waals surface area (Å²) in [4.78, 5) is 4.16. The third-order valence-electron chi connectivity index (χ3n) is 1.85. The Balaban J connectivity index is 3.04. The van der Waals surface area contributed by atoms with Crippen molar-refractivity contribution in [3.63, 3.8) is 0 Å². The molecule has 2 nitrogen and oxygen atoms in total. The van der Waals surface area contributed by atoms with Crippen molar-refractivity contribution in [2.45, 2.75) is 20.3 Å². The van der Waals surface area contributed by atoms with Gasteiger partial charge in [0.1, 0.15) is 5.82 Å². The molecule has 1 aromatic heterocycles. The fourth-order valence-corrected chi connectivity index (χ4v) is 1.34. The van der Waals surface area contributed by atoms with E-state index in [2.05, 4.69) is 16.8 Å². The lowest BCUT2D eigenvalue weighted by Gasteiger charge is -2.03. The first-order valence-electron chi connectivity index (χ1n) is 4.43. The summed E-state index contributed by atoms with van der Waals surface area (Å²) in [6.07, 6.45) is 0.699. The summed E-state index contributed by atoms with van der Waals surface area (Å²) in [5.41, 5.74) is 8.51. The van der Waals surface area contributed by atoms with Crippen LogP contribution in [0.5, 0.6) is 0 Å². The third kappa shape index (κ3) is 2.65. The lowest BCUT2D eigenvalue weighted by Crippen LogP contribution is -1.97. The molecule has 0 saturated carbocycles. The summed E-state index contributed by atoms with van der Waals surface area (Å²) in [5.74, 6) is 7.15. The van der Waals surface area contributed by atoms with E-state index in [1.165, 1.54) is 0 Å². The molecule has 0 aliphatic carbocycles. The molecule has 0 spiro atoms. The molecule has 3 heteroatoms. The van der Waals surface area contributed by atoms with Crippen LogP contribution in [0.2, 0.25) is 0 Å². The minimum absolute atomic E-state index is 0.544. The molecular weight excluding hydrogens is 196 g/mol. The van der Waals surface area contributed by atoms with Gasteiger partial charge in [0, 0.05) is 17.9 Å². The van der Waals surface area contributed by atoms with E-state index in [0.717, 1.165) is 16.8 Å². The zero-order chi connectivity index (χ0) is 10.6. The van der Waals surface area contributed by atoms with E-state index in [1.54, 1.807) is 0 Å². The highest BCUT2D eigenvalue weighted by Crippen LogP contribution is 2.12. The number of aryl methyl sites for hydroxylation is 2. The van der Waals surface area contributed by atoms with Crippen molar-refractivity contribution < 1.29 is 0 Å². The Kier molecular flexibility index (Phi) is 3.79. The zero-order valence-corrected chi connectivity index (χ0v) is 9.15. The van der Waals surface area contributed by atoms with Crippen LogP contribution in [0.4, 0.5) is 5.82 Å². The molecule has 2 N–H and O–H groups in total. The second-order valence-corrected chi connectivity index (χ2v) is 3.44. The highest BCUT2D eigenvalue weighted by Gasteiger charge is 2.01. The van der Waals surface area contributed by atoms with Gasteiger partial charge in [-0.3, -0.25) is 0 Å². The fourth-order valence-electron chi connectivity index (χ4n) is 1.25. The zero-order valence-electron chi connectivity index (χ0n) is 8.39. The van der Waals surface area contributed by atoms with Gasteiger partial charge in [-0.2, -0.15) is 0 Å². The number of hydrogen-bond donors (Lipinski definition) is 1. The molecule has 0 saturated heterocycles. The van der Waals surface area contributed by atoms with Crippen LogP contribution in [-0.4, -0.2) is 10.9 Å². The molecule has 1 aromatic rings. The molecule has 0 atom stereocenters. The van der Waals surface area contributed by atoms with Gasteiger partial charge in [0.25, 0.3) is 0 Å². The first-order valence-corrected chi connectivity index (χ1v) is 4.97. The van der Waals surface area contributed by atoms with E-state index in [1.807, 2.05) is 19.9 Å². The van der Waals surface area contributed by atoms with Crippen molar-refractivity contribution in [1.29, 1.82) is 0 Å². The Morgan fingerprint density at radius 3 is 2.79 bits per heavy atom. The third-order valence-corrected chi connectivity index (χ3v) is 2.04. The second kappa shape index (κ2) is 4.88. The van der Waals surface area contributed by atoms with Gasteiger partial charge in [-0.15, -0.1) is 11.6 Å². The standard InChI is InChI=1S/C11H13ClN2/c1-8-7-11(13)14-9(2)10(8)5-3-4-6-12/h7H,4,6H2,1-2H3,(H2,13,14). The van der Waals surface area contributed by atoms with E-state index >= 15 is 0 Å². The van der Waals surface area contributed by atoms with E-state index in [4.69, 9.17) is 17.3 Å². The Bertz CT molecular complexity index is 365. The molecular formula is C11H13ClN2. The lowest BCUT2D eigenvalue weighted by atomic mass is 10.1. The minimum Gasteiger partial charge on any atom is -0.384 e. The van der Waals surface area contributed by atoms with Crippen molar-refractivity contribution in [2.75, 3.05) is 11.6 Å². The van der Waals surface area contributed by atoms with Crippen molar-refractivity contribution in [2.24, 2.45) is 0 Å². The molecule has 0 aliphatic rings. The monoisotopic (exact) mass is 208 g/mol. The van der Waals surface area contributed by atoms with Crippen molar-refractivity contribution in [3.8, 4) is 11.8 Å². The topological polar surface area (TPSA) is 38.9 Å². The van der Waals surface area contributed by atoms with Crippen molar-refractivity contribution >= 4 is 17.4 Å². The number of nitrogens with two attached hydrogens (primary N) is 1. The summed E-state index contributed by atoms with van der Waals surface area (Å²) in [6, 6.07) is 1.83. The van der Waals surface area contributed by atoms with Gasteiger partial charge < -0.3 is 5.73 Å². The molecule has 0 aliphatic heterocycles. The number of nitrogen functional groups attached to an aromatic ring is 1. The Morgan fingerprint density at radius 1 is 1.50 bits per heavy atom. The van der Waals surface area contributed by atoms with Gasteiger partial charge in [-0.1, -0.05) is 11.8 Å². The maximum atomic E-state index is 5.60. The number of anilines is 1. The number of rotatable bonds is 1. The first-order chi connectivity index (χ1) is 6.65. The maximum absolute atomic E-state index is 5.60. The molecule has 0 fully saturated rings. The summed E-state index contributed by atoms with van der Waals surface area (Å²) >= 11 is 5.53. The lowest BCUT2D eigenvalue weighted by molar-refractivity contribution is 1.17. The highest BCUT2D eigenvalue weighted by molar-refractivity contribution is 6.18. The van der Waals surface area contributed by atoms with Crippen molar-refractivity contribution in [1.82, 2.24) is 4.98 Å². The highest BCUT2D eigenvalue weighted by atomic mass is 35.5. The number of nitrogens with zero attached hydrogens (tertiary/aromatic N) is 1. The van der Waals surface area contributed by atoms with Gasteiger partial charge in [-0.05, 0) is 25.5 Å². The average molecular weight is 209 g/mol. The normalized spacial score (nSPS) is 9.36. The van der Waals surface area contributed by atoms with E-state index < -0.39 is 0 Å². The second-order valence-electron chi connectivity index (χ2n) is 3.07. The molecule has 1 rings (SSSR count). The van der Waals surface area contributed by atoms with Crippen LogP contribution in [0.25, 0.3) is 0 Å². The predicted molar refractivity (Wildman–Crippen MR) is 60.3 cm³/mol. The number of alkyl halides is 1. The number of hydrogen-bond acceptors (Lipinski definition) is 2. The van der Waals surface area contributed by atoms with Crippen LogP contribution in [0, 0.1) is 25.7 Å². The Hall–Kier alpha value is -1.20. The van der Waals surface area contributed by atoms with Crippen LogP contribution in [0.1, 0.15) is 23.2 Å². The average Bonchev–Trinajstić information content (AvgIpc) is 2.09. The Morgan fingerprint density at radius 2 is 2.21 bits per heavy atom. The molecule has 0 aromatic carbocycles. The summed E-state index contributed by atoms with van der Waals surface area (Å²) in [6.45, 7) is 3.89. The number of halogens is 1.